The van der Waals surface area contributed by atoms with Crippen LogP contribution in [0.4, 0.5) is 5.82 Å². The number of aromatic amines is 1. The van der Waals surface area contributed by atoms with Crippen LogP contribution in [0.15, 0.2) is 18.6 Å². The fraction of sp³-hybridized carbons (Fsp3) is 0.696. The van der Waals surface area contributed by atoms with Gasteiger partial charge in [0.1, 0.15) is 24.1 Å². The molecule has 7 nitrogen and oxygen atoms in total. The lowest BCUT2D eigenvalue weighted by Gasteiger charge is -2.38. The number of fused-ring (bicyclic) bond motifs is 1. The number of hydrogen-bond donors (Lipinski definition) is 2. The lowest BCUT2D eigenvalue weighted by Crippen LogP contribution is -2.47. The van der Waals surface area contributed by atoms with Crippen molar-refractivity contribution in [1.29, 1.82) is 0 Å². The van der Waals surface area contributed by atoms with Gasteiger partial charge in [-0.25, -0.2) is 9.97 Å². The van der Waals surface area contributed by atoms with E-state index in [1.165, 1.54) is 44.9 Å². The highest BCUT2D eigenvalue weighted by atomic mass is 16.1. The van der Waals surface area contributed by atoms with Crippen LogP contribution in [0.5, 0.6) is 0 Å². The van der Waals surface area contributed by atoms with Gasteiger partial charge in [-0.15, -0.1) is 0 Å². The van der Waals surface area contributed by atoms with Crippen LogP contribution in [-0.4, -0.2) is 70.9 Å². The van der Waals surface area contributed by atoms with Crippen LogP contribution >= 0.6 is 0 Å². The minimum absolute atomic E-state index is 0.00671. The number of piperidine rings is 1. The normalized spacial score (nSPS) is 21.9. The van der Waals surface area contributed by atoms with Gasteiger partial charge in [0, 0.05) is 31.4 Å². The van der Waals surface area contributed by atoms with E-state index in [2.05, 4.69) is 43.2 Å². The van der Waals surface area contributed by atoms with Gasteiger partial charge in [0.15, 0.2) is 0 Å². The van der Waals surface area contributed by atoms with Crippen LogP contribution < -0.4 is 10.2 Å². The van der Waals surface area contributed by atoms with E-state index >= 15 is 0 Å². The number of nitrogens with zero attached hydrogens (tertiary/aromatic N) is 4. The van der Waals surface area contributed by atoms with Crippen LogP contribution in [0, 0.1) is 0 Å². The van der Waals surface area contributed by atoms with Gasteiger partial charge < -0.3 is 24.9 Å². The first-order valence-corrected chi connectivity index (χ1v) is 11.7. The van der Waals surface area contributed by atoms with E-state index in [9.17, 15) is 4.79 Å². The summed E-state index contributed by atoms with van der Waals surface area (Å²) in [5, 5.41) is 4.69. The molecule has 0 aromatic carbocycles. The predicted octanol–water partition coefficient (Wildman–Crippen LogP) is 3.13. The van der Waals surface area contributed by atoms with Gasteiger partial charge in [0.2, 0.25) is 0 Å². The van der Waals surface area contributed by atoms with Gasteiger partial charge in [0.05, 0.1) is 11.4 Å². The first-order valence-electron chi connectivity index (χ1n) is 11.7. The second-order valence-corrected chi connectivity index (χ2v) is 9.05. The molecule has 3 heterocycles. The average molecular weight is 413 g/mol. The monoisotopic (exact) mass is 412 g/mol. The molecule has 1 saturated carbocycles. The maximum Gasteiger partial charge on any atom is 0.142 e. The number of rotatable bonds is 9. The highest BCUT2D eigenvalue weighted by molar-refractivity contribution is 5.87. The number of likely N-dealkylation sites (N-methyl/N-ethyl adjacent to an activating group) is 1. The van der Waals surface area contributed by atoms with E-state index in [1.54, 1.807) is 6.33 Å². The van der Waals surface area contributed by atoms with Crippen molar-refractivity contribution in [2.24, 2.45) is 0 Å². The molecule has 2 atom stereocenters. The zero-order chi connectivity index (χ0) is 20.8. The molecular formula is C23H36N6O. The van der Waals surface area contributed by atoms with E-state index in [-0.39, 0.29) is 6.04 Å². The number of hydrogen-bond acceptors (Lipinski definition) is 6. The lowest BCUT2D eigenvalue weighted by atomic mass is 9.94. The minimum atomic E-state index is 0.00671. The van der Waals surface area contributed by atoms with Gasteiger partial charge in [-0.3, -0.25) is 0 Å². The Morgan fingerprint density at radius 1 is 1.27 bits per heavy atom. The zero-order valence-corrected chi connectivity index (χ0v) is 18.2. The Bertz CT molecular complexity index is 802. The summed E-state index contributed by atoms with van der Waals surface area (Å²) in [6.45, 7) is 3.06. The SMILES string of the molecule is CN(CCCC(C=O)NC1CCCCC1)C1CCCN(c2ncnc3[nH]ccc23)C1. The Hall–Kier alpha value is -1.99. The van der Waals surface area contributed by atoms with Gasteiger partial charge in [-0.05, 0) is 58.2 Å². The highest BCUT2D eigenvalue weighted by Gasteiger charge is 2.25. The molecule has 164 valence electrons. The van der Waals surface area contributed by atoms with Gasteiger partial charge in [0.25, 0.3) is 0 Å². The fourth-order valence-corrected chi connectivity index (χ4v) is 5.12. The zero-order valence-electron chi connectivity index (χ0n) is 18.2. The van der Waals surface area contributed by atoms with Crippen molar-refractivity contribution < 1.29 is 4.79 Å². The summed E-state index contributed by atoms with van der Waals surface area (Å²) in [5.41, 5.74) is 0.904. The molecule has 0 radical (unpaired) electrons. The Balaban J connectivity index is 1.26. The molecule has 2 aromatic rings. The van der Waals surface area contributed by atoms with Crippen molar-refractivity contribution >= 4 is 23.1 Å². The van der Waals surface area contributed by atoms with Crippen molar-refractivity contribution in [3.8, 4) is 0 Å². The Labute approximate surface area is 179 Å². The second kappa shape index (κ2) is 10.4. The summed E-state index contributed by atoms with van der Waals surface area (Å²) in [4.78, 5) is 28.5. The van der Waals surface area contributed by atoms with Crippen LogP contribution in [0.1, 0.15) is 57.8 Å². The Morgan fingerprint density at radius 3 is 2.97 bits per heavy atom. The molecular weight excluding hydrogens is 376 g/mol. The van der Waals surface area contributed by atoms with E-state index in [1.807, 2.05) is 6.20 Å². The van der Waals surface area contributed by atoms with Crippen molar-refractivity contribution in [2.75, 3.05) is 31.6 Å². The third-order valence-corrected chi connectivity index (χ3v) is 6.90. The lowest BCUT2D eigenvalue weighted by molar-refractivity contribution is -0.110. The molecule has 0 spiro atoms. The van der Waals surface area contributed by atoms with Gasteiger partial charge in [-0.2, -0.15) is 0 Å². The molecule has 30 heavy (non-hydrogen) atoms. The molecule has 0 amide bonds. The van der Waals surface area contributed by atoms with Crippen LogP contribution in [0.3, 0.4) is 0 Å². The number of carbonyl (C=O) groups is 1. The third-order valence-electron chi connectivity index (χ3n) is 6.90. The molecule has 1 saturated heterocycles. The summed E-state index contributed by atoms with van der Waals surface area (Å²) >= 11 is 0. The second-order valence-electron chi connectivity index (χ2n) is 9.05. The van der Waals surface area contributed by atoms with Crippen molar-refractivity contribution in [2.45, 2.75) is 75.9 Å². The van der Waals surface area contributed by atoms with Crippen molar-refractivity contribution in [1.82, 2.24) is 25.2 Å². The summed E-state index contributed by atoms with van der Waals surface area (Å²) in [6, 6.07) is 3.13. The maximum absolute atomic E-state index is 11.5. The van der Waals surface area contributed by atoms with E-state index < -0.39 is 0 Å². The number of H-pyrrole nitrogens is 1. The van der Waals surface area contributed by atoms with E-state index in [0.717, 1.165) is 55.6 Å². The highest BCUT2D eigenvalue weighted by Crippen LogP contribution is 2.26. The van der Waals surface area contributed by atoms with Crippen molar-refractivity contribution in [3.63, 3.8) is 0 Å². The van der Waals surface area contributed by atoms with Gasteiger partial charge >= 0.3 is 0 Å². The third kappa shape index (κ3) is 5.19. The number of anilines is 1. The molecule has 7 heteroatoms. The summed E-state index contributed by atoms with van der Waals surface area (Å²) in [6.07, 6.45) is 15.4. The number of aldehydes is 1. The minimum Gasteiger partial charge on any atom is -0.354 e. The number of aromatic nitrogens is 3. The smallest absolute Gasteiger partial charge is 0.142 e. The van der Waals surface area contributed by atoms with Crippen molar-refractivity contribution in [3.05, 3.63) is 18.6 Å². The fourth-order valence-electron chi connectivity index (χ4n) is 5.12. The summed E-state index contributed by atoms with van der Waals surface area (Å²) in [7, 11) is 2.23. The average Bonchev–Trinajstić information content (AvgIpc) is 3.28. The summed E-state index contributed by atoms with van der Waals surface area (Å²) in [5.74, 6) is 1.04. The van der Waals surface area contributed by atoms with Gasteiger partial charge in [-0.1, -0.05) is 19.3 Å². The molecule has 2 fully saturated rings. The molecule has 1 aliphatic heterocycles. The molecule has 0 bridgehead atoms. The topological polar surface area (TPSA) is 77.2 Å². The van der Waals surface area contributed by atoms with Crippen LogP contribution in [-0.2, 0) is 4.79 Å². The van der Waals surface area contributed by atoms with Crippen LogP contribution in [0.25, 0.3) is 11.0 Å². The molecule has 2 aliphatic rings. The predicted molar refractivity (Wildman–Crippen MR) is 121 cm³/mol. The summed E-state index contributed by atoms with van der Waals surface area (Å²) < 4.78 is 0. The Kier molecular flexibility index (Phi) is 7.33. The Morgan fingerprint density at radius 2 is 2.13 bits per heavy atom. The first-order chi connectivity index (χ1) is 14.7. The molecule has 2 N–H and O–H groups in total. The molecule has 1 aliphatic carbocycles. The number of nitrogens with one attached hydrogen (secondary N) is 2. The molecule has 2 aromatic heterocycles. The number of carbonyl (C=O) groups excluding carboxylic acids is 1. The molecule has 4 rings (SSSR count). The van der Waals surface area contributed by atoms with Crippen LogP contribution in [0.2, 0.25) is 0 Å². The molecule has 2 unspecified atom stereocenters. The first kappa shape index (κ1) is 21.2. The van der Waals surface area contributed by atoms with E-state index in [4.69, 9.17) is 0 Å². The largest absolute Gasteiger partial charge is 0.354 e. The quantitative estimate of drug-likeness (QED) is 0.616. The standard InChI is InChI=1S/C23H36N6O/c1-28(13-5-9-19(16-30)27-18-7-3-2-4-8-18)20-10-6-14-29(15-20)23-21-11-12-24-22(21)25-17-26-23/h11-12,16-20,27H,2-10,13-15H2,1H3,(H,24,25,26). The maximum atomic E-state index is 11.5. The van der Waals surface area contributed by atoms with E-state index in [0.29, 0.717) is 12.1 Å².